The Hall–Kier alpha value is -5.76. The quantitative estimate of drug-likeness (QED) is 0.211. The Bertz CT molecular complexity index is 1960. The number of fused-ring (bicyclic) bond motifs is 3. The van der Waals surface area contributed by atoms with Crippen molar-refractivity contribution >= 4 is 21.8 Å². The van der Waals surface area contributed by atoms with Gasteiger partial charge in [0.05, 0.1) is 11.8 Å². The van der Waals surface area contributed by atoms with Crippen LogP contribution in [-0.2, 0) is 0 Å². The van der Waals surface area contributed by atoms with Crippen LogP contribution in [0.4, 0.5) is 0 Å². The molecule has 0 spiro atoms. The summed E-state index contributed by atoms with van der Waals surface area (Å²) in [6.07, 6.45) is 0. The molecule has 0 fully saturated rings. The zero-order valence-electron chi connectivity index (χ0n) is 23.7. The molecule has 43 heavy (non-hydrogen) atoms. The summed E-state index contributed by atoms with van der Waals surface area (Å²) in [7, 11) is 0. The van der Waals surface area contributed by atoms with Crippen LogP contribution in [0.2, 0.25) is 0 Å². The van der Waals surface area contributed by atoms with Gasteiger partial charge in [0, 0.05) is 32.9 Å². The van der Waals surface area contributed by atoms with Crippen molar-refractivity contribution < 1.29 is 0 Å². The molecule has 1 heterocycles. The van der Waals surface area contributed by atoms with Gasteiger partial charge in [-0.15, -0.1) is 0 Å². The summed E-state index contributed by atoms with van der Waals surface area (Å²) in [5.41, 5.74) is 9.00. The van der Waals surface area contributed by atoms with E-state index in [1.54, 1.807) is 0 Å². The van der Waals surface area contributed by atoms with E-state index in [-0.39, 0.29) is 11.8 Å². The number of aromatic amines is 1. The fraction of sp³-hybridized carbons (Fsp3) is 0.0476. The minimum atomic E-state index is -0.0484. The van der Waals surface area contributed by atoms with Crippen LogP contribution in [0.3, 0.4) is 0 Å². The van der Waals surface area contributed by atoms with Crippen molar-refractivity contribution in [1.29, 1.82) is 0 Å². The molecule has 0 aliphatic rings. The molecule has 2 atom stereocenters. The highest BCUT2D eigenvalue weighted by Crippen LogP contribution is 2.34. The van der Waals surface area contributed by atoms with E-state index in [9.17, 15) is 0 Å². The molecule has 202 valence electrons. The smallest absolute Gasteiger partial charge is 0.0706 e. The lowest BCUT2D eigenvalue weighted by Gasteiger charge is -2.13. The van der Waals surface area contributed by atoms with Crippen molar-refractivity contribution in [2.45, 2.75) is 11.8 Å². The molecule has 0 aliphatic carbocycles. The number of benzene rings is 6. The fourth-order valence-corrected chi connectivity index (χ4v) is 5.65. The summed E-state index contributed by atoms with van der Waals surface area (Å²) < 4.78 is 0. The largest absolute Gasteiger partial charge is 0.355 e. The maximum atomic E-state index is 3.63. The second-order valence-corrected chi connectivity index (χ2v) is 10.7. The van der Waals surface area contributed by atoms with Gasteiger partial charge in [-0.3, -0.25) is 0 Å². The normalized spacial score (nSPS) is 12.1. The average molecular weight is 548 g/mol. The van der Waals surface area contributed by atoms with Gasteiger partial charge >= 0.3 is 0 Å². The van der Waals surface area contributed by atoms with Gasteiger partial charge in [-0.05, 0) is 70.8 Å². The third-order valence-electron chi connectivity index (χ3n) is 7.85. The molecule has 0 amide bonds. The van der Waals surface area contributed by atoms with Gasteiger partial charge in [0.2, 0.25) is 0 Å². The average Bonchev–Trinajstić information content (AvgIpc) is 3.44. The number of aromatic nitrogens is 1. The minimum Gasteiger partial charge on any atom is -0.355 e. The summed E-state index contributed by atoms with van der Waals surface area (Å²) in [5.74, 6) is 13.9. The van der Waals surface area contributed by atoms with Gasteiger partial charge in [0.25, 0.3) is 0 Å². The Morgan fingerprint density at radius 1 is 0.372 bits per heavy atom. The zero-order valence-corrected chi connectivity index (χ0v) is 23.7. The van der Waals surface area contributed by atoms with Crippen LogP contribution in [0, 0.1) is 23.7 Å². The van der Waals surface area contributed by atoms with Crippen LogP contribution >= 0.6 is 0 Å². The maximum absolute atomic E-state index is 3.63. The van der Waals surface area contributed by atoms with Gasteiger partial charge in [-0.25, -0.2) is 0 Å². The highest BCUT2D eigenvalue weighted by atomic mass is 14.7. The van der Waals surface area contributed by atoms with Crippen molar-refractivity contribution in [3.05, 3.63) is 191 Å². The van der Waals surface area contributed by atoms with E-state index in [0.717, 1.165) is 22.2 Å². The van der Waals surface area contributed by atoms with Crippen molar-refractivity contribution in [2.75, 3.05) is 0 Å². The molecular weight excluding hydrogens is 518 g/mol. The Balaban J connectivity index is 1.34. The van der Waals surface area contributed by atoms with Crippen LogP contribution < -0.4 is 0 Å². The minimum absolute atomic E-state index is 0.0484. The Labute approximate surface area is 252 Å². The van der Waals surface area contributed by atoms with Crippen LogP contribution in [0.5, 0.6) is 0 Å². The van der Waals surface area contributed by atoms with E-state index >= 15 is 0 Å². The fourth-order valence-electron chi connectivity index (χ4n) is 5.65. The molecule has 1 aromatic heterocycles. The Morgan fingerprint density at radius 2 is 0.744 bits per heavy atom. The first-order valence-electron chi connectivity index (χ1n) is 14.6. The van der Waals surface area contributed by atoms with Crippen molar-refractivity contribution in [1.82, 2.24) is 4.98 Å². The number of hydrogen-bond donors (Lipinski definition) is 1. The molecule has 0 bridgehead atoms. The summed E-state index contributed by atoms with van der Waals surface area (Å²) in [5, 5.41) is 2.39. The van der Waals surface area contributed by atoms with E-state index in [4.69, 9.17) is 0 Å². The van der Waals surface area contributed by atoms with E-state index in [1.165, 1.54) is 33.0 Å². The molecule has 7 rings (SSSR count). The molecule has 7 aromatic rings. The first kappa shape index (κ1) is 26.2. The van der Waals surface area contributed by atoms with Crippen LogP contribution in [0.25, 0.3) is 21.8 Å². The van der Waals surface area contributed by atoms with Gasteiger partial charge in [-0.2, -0.15) is 0 Å². The number of nitrogens with one attached hydrogen (secondary N) is 1. The first-order valence-corrected chi connectivity index (χ1v) is 14.6. The Kier molecular flexibility index (Phi) is 7.30. The van der Waals surface area contributed by atoms with Crippen molar-refractivity contribution in [3.8, 4) is 23.7 Å². The molecule has 0 radical (unpaired) electrons. The highest BCUT2D eigenvalue weighted by molar-refractivity contribution is 6.07. The molecule has 0 saturated carbocycles. The monoisotopic (exact) mass is 547 g/mol. The lowest BCUT2D eigenvalue weighted by Crippen LogP contribution is -1.99. The summed E-state index contributed by atoms with van der Waals surface area (Å²) in [4.78, 5) is 3.63. The SMILES string of the molecule is C(#CC(c1ccccc1)c1ccc2[nH]c3ccc(C(C#Cc4ccccc4)c4ccccc4)cc3c2c1)c1ccccc1. The predicted molar refractivity (Wildman–Crippen MR) is 179 cm³/mol. The molecule has 1 N–H and O–H groups in total. The molecule has 0 aliphatic heterocycles. The van der Waals surface area contributed by atoms with Gasteiger partial charge < -0.3 is 4.98 Å². The molecule has 1 nitrogen and oxygen atoms in total. The summed E-state index contributed by atoms with van der Waals surface area (Å²) in [6.45, 7) is 0. The first-order chi connectivity index (χ1) is 21.3. The molecular formula is C42H29N. The zero-order chi connectivity index (χ0) is 28.8. The highest BCUT2D eigenvalue weighted by Gasteiger charge is 2.16. The van der Waals surface area contributed by atoms with Crippen molar-refractivity contribution in [2.24, 2.45) is 0 Å². The topological polar surface area (TPSA) is 15.8 Å². The number of rotatable bonds is 4. The standard InChI is InChI=1S/C42H29N/c1-5-13-31(14-6-1)21-25-37(33-17-9-3-10-18-33)35-23-27-41-39(29-35)40-30-36(24-28-42(40)43-41)38(34-19-11-4-12-20-34)26-22-32-15-7-2-8-16-32/h1-20,23-24,27-30,37-38,43H. The maximum Gasteiger partial charge on any atom is 0.0706 e. The predicted octanol–water partition coefficient (Wildman–Crippen LogP) is 9.69. The van der Waals surface area contributed by atoms with Gasteiger partial charge in [-0.1, -0.05) is 133 Å². The van der Waals surface area contributed by atoms with Crippen molar-refractivity contribution in [3.63, 3.8) is 0 Å². The lowest BCUT2D eigenvalue weighted by atomic mass is 9.89. The molecule has 1 heteroatoms. The molecule has 2 unspecified atom stereocenters. The third-order valence-corrected chi connectivity index (χ3v) is 7.85. The third kappa shape index (κ3) is 5.71. The molecule has 0 saturated heterocycles. The number of hydrogen-bond acceptors (Lipinski definition) is 0. The van der Waals surface area contributed by atoms with Gasteiger partial charge in [0.1, 0.15) is 0 Å². The van der Waals surface area contributed by atoms with Crippen LogP contribution in [0.15, 0.2) is 158 Å². The number of H-pyrrole nitrogens is 1. The van der Waals surface area contributed by atoms with Gasteiger partial charge in [0.15, 0.2) is 0 Å². The summed E-state index contributed by atoms with van der Waals surface area (Å²) >= 11 is 0. The second kappa shape index (κ2) is 12.0. The van der Waals surface area contributed by atoms with E-state index < -0.39 is 0 Å². The van der Waals surface area contributed by atoms with E-state index in [1.807, 2.05) is 36.4 Å². The lowest BCUT2D eigenvalue weighted by molar-refractivity contribution is 1.07. The van der Waals surface area contributed by atoms with E-state index in [0.29, 0.717) is 0 Å². The summed E-state index contributed by atoms with van der Waals surface area (Å²) in [6, 6.07) is 54.9. The van der Waals surface area contributed by atoms with Crippen LogP contribution in [0.1, 0.15) is 45.2 Å². The van der Waals surface area contributed by atoms with E-state index in [2.05, 4.69) is 150 Å². The second-order valence-electron chi connectivity index (χ2n) is 10.7. The van der Waals surface area contributed by atoms with Crippen LogP contribution in [-0.4, -0.2) is 4.98 Å². The Morgan fingerprint density at radius 3 is 1.14 bits per heavy atom. The molecule has 6 aromatic carbocycles.